The molecule has 52 valence electrons. The van der Waals surface area contributed by atoms with E-state index >= 15 is 0 Å². The van der Waals surface area contributed by atoms with Gasteiger partial charge in [0.15, 0.2) is 0 Å². The van der Waals surface area contributed by atoms with E-state index in [-0.39, 0.29) is 0 Å². The molecule has 0 aromatic carbocycles. The van der Waals surface area contributed by atoms with Gasteiger partial charge in [-0.1, -0.05) is 0 Å². The van der Waals surface area contributed by atoms with Crippen LogP contribution in [0.25, 0.3) is 0 Å². The van der Waals surface area contributed by atoms with E-state index in [9.17, 15) is 0 Å². The van der Waals surface area contributed by atoms with E-state index in [0.29, 0.717) is 0 Å². The van der Waals surface area contributed by atoms with Crippen LogP contribution in [0.4, 0.5) is 0 Å². The van der Waals surface area contributed by atoms with Crippen molar-refractivity contribution < 1.29 is 0 Å². The maximum absolute atomic E-state index is 6.73. The highest BCUT2D eigenvalue weighted by Crippen LogP contribution is 1.87. The Labute approximate surface area is 55.9 Å². The summed E-state index contributed by atoms with van der Waals surface area (Å²) in [5.41, 5.74) is 0. The standard InChI is InChI=1S/C6H13N3/c1-3-9(8-2)6-4-5-7/h5,7H,2-4,6H2,1H3. The van der Waals surface area contributed by atoms with Crippen LogP contribution in [0.3, 0.4) is 0 Å². The predicted octanol–water partition coefficient (Wildman–Crippen LogP) is 0.964. The molecule has 1 N–H and O–H groups in total. The zero-order valence-electron chi connectivity index (χ0n) is 5.80. The van der Waals surface area contributed by atoms with Crippen LogP contribution in [-0.4, -0.2) is 31.0 Å². The maximum Gasteiger partial charge on any atom is 0.0409 e. The van der Waals surface area contributed by atoms with Gasteiger partial charge in [-0.25, -0.2) is 0 Å². The fourth-order valence-corrected chi connectivity index (χ4v) is 0.542. The lowest BCUT2D eigenvalue weighted by Crippen LogP contribution is -2.17. The van der Waals surface area contributed by atoms with Gasteiger partial charge in [-0.2, -0.15) is 5.10 Å². The lowest BCUT2D eigenvalue weighted by Gasteiger charge is -2.13. The fraction of sp³-hybridized carbons (Fsp3) is 0.667. The molecule has 0 atom stereocenters. The highest BCUT2D eigenvalue weighted by molar-refractivity contribution is 5.52. The van der Waals surface area contributed by atoms with E-state index < -0.39 is 0 Å². The summed E-state index contributed by atoms with van der Waals surface area (Å²) in [5.74, 6) is 0. The van der Waals surface area contributed by atoms with Crippen LogP contribution in [0.1, 0.15) is 13.3 Å². The Morgan fingerprint density at radius 2 is 2.44 bits per heavy atom. The second-order valence-electron chi connectivity index (χ2n) is 1.68. The minimum absolute atomic E-state index is 0.757. The van der Waals surface area contributed by atoms with Crippen LogP contribution in [0.15, 0.2) is 5.10 Å². The van der Waals surface area contributed by atoms with Crippen molar-refractivity contribution >= 4 is 12.9 Å². The molecular formula is C6H13N3. The van der Waals surface area contributed by atoms with Gasteiger partial charge in [0, 0.05) is 26.2 Å². The lowest BCUT2D eigenvalue weighted by atomic mass is 10.4. The highest BCUT2D eigenvalue weighted by Gasteiger charge is 1.91. The Hall–Kier alpha value is -0.860. The quantitative estimate of drug-likeness (QED) is 0.433. The van der Waals surface area contributed by atoms with Gasteiger partial charge in [-0.05, 0) is 13.1 Å². The topological polar surface area (TPSA) is 39.5 Å². The van der Waals surface area contributed by atoms with E-state index in [0.717, 1.165) is 19.5 Å². The minimum Gasteiger partial charge on any atom is -0.313 e. The Morgan fingerprint density at radius 1 is 1.78 bits per heavy atom. The van der Waals surface area contributed by atoms with Gasteiger partial charge in [0.2, 0.25) is 0 Å². The number of nitrogens with zero attached hydrogens (tertiary/aromatic N) is 2. The summed E-state index contributed by atoms with van der Waals surface area (Å²) in [6.45, 7) is 7.08. The highest BCUT2D eigenvalue weighted by atomic mass is 15.4. The average Bonchev–Trinajstić information content (AvgIpc) is 1.91. The summed E-state index contributed by atoms with van der Waals surface area (Å²) >= 11 is 0. The van der Waals surface area contributed by atoms with E-state index in [1.165, 1.54) is 6.21 Å². The average molecular weight is 127 g/mol. The van der Waals surface area contributed by atoms with Gasteiger partial charge in [0.1, 0.15) is 0 Å². The predicted molar refractivity (Wildman–Crippen MR) is 40.2 cm³/mol. The van der Waals surface area contributed by atoms with Crippen LogP contribution >= 0.6 is 0 Å². The third kappa shape index (κ3) is 3.70. The first-order valence-corrected chi connectivity index (χ1v) is 3.05. The minimum atomic E-state index is 0.757. The molecule has 0 fully saturated rings. The van der Waals surface area contributed by atoms with Crippen LogP contribution < -0.4 is 0 Å². The SMILES string of the molecule is C=NN(CC)CCC=N. The summed E-state index contributed by atoms with van der Waals surface area (Å²) in [6.07, 6.45) is 2.14. The van der Waals surface area contributed by atoms with E-state index in [2.05, 4.69) is 11.8 Å². The van der Waals surface area contributed by atoms with Gasteiger partial charge in [-0.3, -0.25) is 5.01 Å². The lowest BCUT2D eigenvalue weighted by molar-refractivity contribution is 0.317. The fourth-order valence-electron chi connectivity index (χ4n) is 0.542. The summed E-state index contributed by atoms with van der Waals surface area (Å²) in [4.78, 5) is 0. The molecule has 0 amide bonds. The smallest absolute Gasteiger partial charge is 0.0409 e. The van der Waals surface area contributed by atoms with Gasteiger partial charge >= 0.3 is 0 Å². The normalized spacial score (nSPS) is 8.56. The van der Waals surface area contributed by atoms with Crippen molar-refractivity contribution in [3.05, 3.63) is 0 Å². The first-order valence-electron chi connectivity index (χ1n) is 3.05. The van der Waals surface area contributed by atoms with Crippen LogP contribution in [-0.2, 0) is 0 Å². The summed E-state index contributed by atoms with van der Waals surface area (Å²) in [7, 11) is 0. The van der Waals surface area contributed by atoms with Crippen molar-refractivity contribution in [3.8, 4) is 0 Å². The Balaban J connectivity index is 3.30. The molecule has 9 heavy (non-hydrogen) atoms. The molecule has 0 aromatic rings. The molecule has 0 radical (unpaired) electrons. The number of hydrogen-bond acceptors (Lipinski definition) is 3. The molecular weight excluding hydrogens is 114 g/mol. The van der Waals surface area contributed by atoms with E-state index in [1.807, 2.05) is 11.9 Å². The molecule has 0 spiro atoms. The second kappa shape index (κ2) is 5.28. The molecule has 0 aliphatic carbocycles. The van der Waals surface area contributed by atoms with E-state index in [4.69, 9.17) is 5.41 Å². The molecule has 0 heterocycles. The first kappa shape index (κ1) is 8.14. The molecule has 0 saturated heterocycles. The molecule has 0 rings (SSSR count). The molecule has 0 unspecified atom stereocenters. The molecule has 0 bridgehead atoms. The first-order chi connectivity index (χ1) is 4.35. The number of hydrazone groups is 1. The zero-order chi connectivity index (χ0) is 7.11. The van der Waals surface area contributed by atoms with Crippen molar-refractivity contribution in [2.24, 2.45) is 5.10 Å². The number of rotatable bonds is 5. The third-order valence-corrected chi connectivity index (χ3v) is 1.10. The Kier molecular flexibility index (Phi) is 4.78. The second-order valence-corrected chi connectivity index (χ2v) is 1.68. The van der Waals surface area contributed by atoms with Gasteiger partial charge in [-0.15, -0.1) is 0 Å². The maximum atomic E-state index is 6.73. The Morgan fingerprint density at radius 3 is 2.78 bits per heavy atom. The molecule has 3 heteroatoms. The van der Waals surface area contributed by atoms with Crippen molar-refractivity contribution in [3.63, 3.8) is 0 Å². The molecule has 0 saturated carbocycles. The third-order valence-electron chi connectivity index (χ3n) is 1.10. The Bertz CT molecular complexity index is 90.3. The largest absolute Gasteiger partial charge is 0.313 e. The molecule has 0 aliphatic rings. The summed E-state index contributed by atoms with van der Waals surface area (Å²) in [5, 5.41) is 12.3. The zero-order valence-corrected chi connectivity index (χ0v) is 5.80. The van der Waals surface area contributed by atoms with Crippen molar-refractivity contribution in [1.29, 1.82) is 5.41 Å². The summed E-state index contributed by atoms with van der Waals surface area (Å²) < 4.78 is 0. The number of nitrogens with one attached hydrogen (secondary N) is 1. The van der Waals surface area contributed by atoms with Gasteiger partial charge < -0.3 is 5.41 Å². The van der Waals surface area contributed by atoms with Gasteiger partial charge in [0.25, 0.3) is 0 Å². The molecule has 0 aliphatic heterocycles. The van der Waals surface area contributed by atoms with Crippen LogP contribution in [0.2, 0.25) is 0 Å². The summed E-state index contributed by atoms with van der Waals surface area (Å²) in [6, 6.07) is 0. The molecule has 0 aromatic heterocycles. The van der Waals surface area contributed by atoms with E-state index in [1.54, 1.807) is 0 Å². The van der Waals surface area contributed by atoms with Crippen molar-refractivity contribution in [2.45, 2.75) is 13.3 Å². The monoisotopic (exact) mass is 127 g/mol. The van der Waals surface area contributed by atoms with Crippen molar-refractivity contribution in [2.75, 3.05) is 13.1 Å². The molecule has 3 nitrogen and oxygen atoms in total. The van der Waals surface area contributed by atoms with Crippen LogP contribution in [0.5, 0.6) is 0 Å². The van der Waals surface area contributed by atoms with Crippen LogP contribution in [0, 0.1) is 5.41 Å². The number of hydrogen-bond donors (Lipinski definition) is 1. The van der Waals surface area contributed by atoms with Crippen molar-refractivity contribution in [1.82, 2.24) is 5.01 Å². The van der Waals surface area contributed by atoms with Gasteiger partial charge in [0.05, 0.1) is 0 Å².